The van der Waals surface area contributed by atoms with Crippen molar-refractivity contribution in [3.8, 4) is 5.82 Å². The summed E-state index contributed by atoms with van der Waals surface area (Å²) in [7, 11) is 0. The van der Waals surface area contributed by atoms with Crippen LogP contribution in [0.15, 0.2) is 59.6 Å². The van der Waals surface area contributed by atoms with Crippen LogP contribution in [0.2, 0.25) is 0 Å². The maximum atomic E-state index is 5.91. The van der Waals surface area contributed by atoms with E-state index in [1.54, 1.807) is 30.1 Å². The van der Waals surface area contributed by atoms with Crippen molar-refractivity contribution in [3.05, 3.63) is 65.0 Å². The number of guanidine groups is 1. The Labute approximate surface area is 138 Å². The van der Waals surface area contributed by atoms with Gasteiger partial charge in [0.1, 0.15) is 12.1 Å². The molecule has 118 valence electrons. The lowest BCUT2D eigenvalue weighted by Gasteiger charge is -2.06. The molecule has 3 aromatic rings. The smallest absolute Gasteiger partial charge is 0.188 e. The lowest BCUT2D eigenvalue weighted by atomic mass is 10.2. The van der Waals surface area contributed by atoms with Gasteiger partial charge >= 0.3 is 0 Å². The molecule has 0 spiro atoms. The van der Waals surface area contributed by atoms with Gasteiger partial charge in [0.25, 0.3) is 0 Å². The first-order valence-corrected chi connectivity index (χ1v) is 8.18. The zero-order valence-electron chi connectivity index (χ0n) is 12.6. The third-order valence-electron chi connectivity index (χ3n) is 3.27. The summed E-state index contributed by atoms with van der Waals surface area (Å²) < 4.78 is 1.86. The van der Waals surface area contributed by atoms with Gasteiger partial charge in [-0.25, -0.2) is 15.0 Å². The molecule has 3 aromatic heterocycles. The lowest BCUT2D eigenvalue weighted by molar-refractivity contribution is 0.856. The minimum Gasteiger partial charge on any atom is -0.370 e. The Balaban J connectivity index is 1.53. The van der Waals surface area contributed by atoms with Crippen molar-refractivity contribution in [1.29, 1.82) is 0 Å². The van der Waals surface area contributed by atoms with E-state index in [2.05, 4.69) is 37.8 Å². The quantitative estimate of drug-likeness (QED) is 0.536. The SMILES string of the molecule is NC(=NCc1ccnc(-n2ccnc2)c1)NCCc1cccs1. The molecule has 0 aliphatic heterocycles. The average molecular weight is 326 g/mol. The summed E-state index contributed by atoms with van der Waals surface area (Å²) in [6, 6.07) is 8.08. The van der Waals surface area contributed by atoms with Crippen molar-refractivity contribution in [2.45, 2.75) is 13.0 Å². The summed E-state index contributed by atoms with van der Waals surface area (Å²) in [5.74, 6) is 1.28. The topological polar surface area (TPSA) is 81.1 Å². The van der Waals surface area contributed by atoms with Gasteiger partial charge in [-0.05, 0) is 35.6 Å². The first-order valence-electron chi connectivity index (χ1n) is 7.31. The number of hydrogen-bond acceptors (Lipinski definition) is 4. The molecule has 3 rings (SSSR count). The van der Waals surface area contributed by atoms with Crippen LogP contribution in [0.4, 0.5) is 0 Å². The number of hydrogen-bond donors (Lipinski definition) is 2. The van der Waals surface area contributed by atoms with Crippen molar-refractivity contribution in [1.82, 2.24) is 19.9 Å². The average Bonchev–Trinajstić information content (AvgIpc) is 3.27. The van der Waals surface area contributed by atoms with Gasteiger partial charge < -0.3 is 11.1 Å². The number of pyridine rings is 1. The minimum atomic E-state index is 0.461. The highest BCUT2D eigenvalue weighted by molar-refractivity contribution is 7.09. The fourth-order valence-corrected chi connectivity index (χ4v) is 2.80. The monoisotopic (exact) mass is 326 g/mol. The molecule has 0 saturated heterocycles. The highest BCUT2D eigenvalue weighted by atomic mass is 32.1. The van der Waals surface area contributed by atoms with E-state index in [0.29, 0.717) is 12.5 Å². The van der Waals surface area contributed by atoms with Gasteiger partial charge in [-0.2, -0.15) is 0 Å². The summed E-state index contributed by atoms with van der Waals surface area (Å²) in [4.78, 5) is 14.0. The van der Waals surface area contributed by atoms with Crippen molar-refractivity contribution in [2.75, 3.05) is 6.54 Å². The Hall–Kier alpha value is -2.67. The number of imidazole rings is 1. The Morgan fingerprint density at radius 3 is 3.09 bits per heavy atom. The first-order chi connectivity index (χ1) is 11.3. The van der Waals surface area contributed by atoms with E-state index in [4.69, 9.17) is 5.73 Å². The zero-order valence-corrected chi connectivity index (χ0v) is 13.4. The van der Waals surface area contributed by atoms with E-state index in [1.165, 1.54) is 4.88 Å². The van der Waals surface area contributed by atoms with Crippen LogP contribution < -0.4 is 11.1 Å². The molecule has 0 saturated carbocycles. The van der Waals surface area contributed by atoms with Crippen molar-refractivity contribution in [2.24, 2.45) is 10.7 Å². The van der Waals surface area contributed by atoms with Crippen LogP contribution >= 0.6 is 11.3 Å². The molecule has 0 atom stereocenters. The predicted molar refractivity (Wildman–Crippen MR) is 92.7 cm³/mol. The number of nitrogens with zero attached hydrogens (tertiary/aromatic N) is 4. The lowest BCUT2D eigenvalue weighted by Crippen LogP contribution is -2.33. The molecule has 0 bridgehead atoms. The molecule has 6 nitrogen and oxygen atoms in total. The molecular weight excluding hydrogens is 308 g/mol. The van der Waals surface area contributed by atoms with Crippen LogP contribution in [-0.4, -0.2) is 27.0 Å². The normalized spacial score (nSPS) is 11.6. The van der Waals surface area contributed by atoms with E-state index in [1.807, 2.05) is 22.9 Å². The first kappa shape index (κ1) is 15.2. The molecule has 0 radical (unpaired) electrons. The molecule has 0 aliphatic rings. The van der Waals surface area contributed by atoms with Crippen LogP contribution in [0.3, 0.4) is 0 Å². The van der Waals surface area contributed by atoms with E-state index in [0.717, 1.165) is 24.3 Å². The van der Waals surface area contributed by atoms with E-state index in [-0.39, 0.29) is 0 Å². The summed E-state index contributed by atoms with van der Waals surface area (Å²) in [5.41, 5.74) is 6.95. The fraction of sp³-hybridized carbons (Fsp3) is 0.188. The third kappa shape index (κ3) is 4.40. The Kier molecular flexibility index (Phi) is 5.00. The predicted octanol–water partition coefficient (Wildman–Crippen LogP) is 1.98. The number of aromatic nitrogens is 3. The van der Waals surface area contributed by atoms with Crippen molar-refractivity contribution in [3.63, 3.8) is 0 Å². The van der Waals surface area contributed by atoms with Gasteiger partial charge in [0.05, 0.1) is 6.54 Å². The molecule has 0 aliphatic carbocycles. The molecular formula is C16H18N6S. The minimum absolute atomic E-state index is 0.461. The van der Waals surface area contributed by atoms with Gasteiger partial charge in [-0.3, -0.25) is 4.57 Å². The Bertz CT molecular complexity index is 749. The van der Waals surface area contributed by atoms with Crippen molar-refractivity contribution < 1.29 is 0 Å². The van der Waals surface area contributed by atoms with Gasteiger partial charge in [-0.1, -0.05) is 6.07 Å². The van der Waals surface area contributed by atoms with Crippen LogP contribution in [0.1, 0.15) is 10.4 Å². The maximum Gasteiger partial charge on any atom is 0.188 e. The third-order valence-corrected chi connectivity index (χ3v) is 4.20. The van der Waals surface area contributed by atoms with Crippen LogP contribution in [0.5, 0.6) is 0 Å². The molecule has 0 aromatic carbocycles. The second-order valence-corrected chi connectivity index (χ2v) is 5.98. The summed E-state index contributed by atoms with van der Waals surface area (Å²) in [6.07, 6.45) is 8.02. The van der Waals surface area contributed by atoms with Crippen molar-refractivity contribution >= 4 is 17.3 Å². The Morgan fingerprint density at radius 2 is 2.30 bits per heavy atom. The fourth-order valence-electron chi connectivity index (χ4n) is 2.10. The van der Waals surface area contributed by atoms with Crippen LogP contribution in [0, 0.1) is 0 Å². The molecule has 0 amide bonds. The highest BCUT2D eigenvalue weighted by Crippen LogP contribution is 2.09. The maximum absolute atomic E-state index is 5.91. The van der Waals surface area contributed by atoms with Crippen LogP contribution in [-0.2, 0) is 13.0 Å². The number of thiophene rings is 1. The summed E-state index contributed by atoms with van der Waals surface area (Å²) >= 11 is 1.75. The summed E-state index contributed by atoms with van der Waals surface area (Å²) in [5, 5.41) is 5.21. The number of nitrogens with two attached hydrogens (primary N) is 1. The van der Waals surface area contributed by atoms with Crippen LogP contribution in [0.25, 0.3) is 5.82 Å². The second kappa shape index (κ2) is 7.55. The van der Waals surface area contributed by atoms with E-state index in [9.17, 15) is 0 Å². The van der Waals surface area contributed by atoms with Gasteiger partial charge in [0.15, 0.2) is 5.96 Å². The largest absolute Gasteiger partial charge is 0.370 e. The Morgan fingerprint density at radius 1 is 1.35 bits per heavy atom. The van der Waals surface area contributed by atoms with Gasteiger partial charge in [0, 0.05) is 30.0 Å². The van der Waals surface area contributed by atoms with E-state index >= 15 is 0 Å². The standard InChI is InChI=1S/C16H18N6S/c17-16(20-6-4-14-2-1-9-23-14)21-11-13-3-5-19-15(10-13)22-8-7-18-12-22/h1-3,5,7-10,12H,4,6,11H2,(H3,17,20,21). The molecule has 7 heteroatoms. The van der Waals surface area contributed by atoms with Gasteiger partial charge in [0.2, 0.25) is 0 Å². The number of rotatable bonds is 6. The molecule has 3 heterocycles. The number of nitrogens with one attached hydrogen (secondary N) is 1. The highest BCUT2D eigenvalue weighted by Gasteiger charge is 2.00. The molecule has 0 unspecified atom stereocenters. The number of aliphatic imine (C=N–C) groups is 1. The summed E-state index contributed by atoms with van der Waals surface area (Å²) in [6.45, 7) is 1.30. The molecule has 0 fully saturated rings. The molecule has 3 N–H and O–H groups in total. The molecule has 23 heavy (non-hydrogen) atoms. The van der Waals surface area contributed by atoms with Gasteiger partial charge in [-0.15, -0.1) is 11.3 Å². The van der Waals surface area contributed by atoms with E-state index < -0.39 is 0 Å². The zero-order chi connectivity index (χ0) is 15.9. The second-order valence-electron chi connectivity index (χ2n) is 4.95.